The summed E-state index contributed by atoms with van der Waals surface area (Å²) in [6.07, 6.45) is -1.51. The molecule has 32 heavy (non-hydrogen) atoms. The van der Waals surface area contributed by atoms with Crippen LogP contribution in [0.1, 0.15) is 40.0 Å². The van der Waals surface area contributed by atoms with E-state index >= 15 is 0 Å². The first kappa shape index (κ1) is 24.8. The van der Waals surface area contributed by atoms with E-state index in [1.807, 2.05) is 18.7 Å². The number of ether oxygens (including phenoxy) is 1. The molecule has 1 spiro atoms. The molecule has 0 aromatic heterocycles. The molecule has 2 aliphatic carbocycles. The van der Waals surface area contributed by atoms with E-state index in [-0.39, 0.29) is 29.5 Å². The van der Waals surface area contributed by atoms with Crippen molar-refractivity contribution >= 4 is 17.8 Å². The Morgan fingerprint density at radius 1 is 1.19 bits per heavy atom. The predicted octanol–water partition coefficient (Wildman–Crippen LogP) is 1.49. The number of halogens is 3. The number of hydrogen-bond donors (Lipinski definition) is 2. The molecular formula is C21H32F3N3O5. The summed E-state index contributed by atoms with van der Waals surface area (Å²) in [5, 5.41) is 10.2. The Morgan fingerprint density at radius 3 is 2.19 bits per heavy atom. The zero-order valence-corrected chi connectivity index (χ0v) is 18.7. The quantitative estimate of drug-likeness (QED) is 0.641. The second-order valence-electron chi connectivity index (χ2n) is 9.86. The van der Waals surface area contributed by atoms with Crippen molar-refractivity contribution in [1.29, 1.82) is 0 Å². The molecule has 2 saturated heterocycles. The average molecular weight is 463 g/mol. The molecule has 2 saturated carbocycles. The zero-order chi connectivity index (χ0) is 23.8. The molecule has 2 amide bonds. The van der Waals surface area contributed by atoms with E-state index in [0.29, 0.717) is 31.5 Å². The van der Waals surface area contributed by atoms with Crippen LogP contribution in [0.5, 0.6) is 0 Å². The average Bonchev–Trinajstić information content (AvgIpc) is 3.56. The summed E-state index contributed by atoms with van der Waals surface area (Å²) in [6, 6.07) is -0.0506. The van der Waals surface area contributed by atoms with Crippen LogP contribution in [0.15, 0.2) is 0 Å². The van der Waals surface area contributed by atoms with Gasteiger partial charge in [-0.05, 0) is 44.9 Å². The summed E-state index contributed by atoms with van der Waals surface area (Å²) >= 11 is 0. The summed E-state index contributed by atoms with van der Waals surface area (Å²) in [7, 11) is 0. The third-order valence-corrected chi connectivity index (χ3v) is 6.34. The molecule has 0 bridgehead atoms. The minimum absolute atomic E-state index is 0.0737. The third kappa shape index (κ3) is 6.12. The van der Waals surface area contributed by atoms with E-state index in [1.54, 1.807) is 0 Å². The van der Waals surface area contributed by atoms with Gasteiger partial charge in [0.2, 0.25) is 11.8 Å². The van der Waals surface area contributed by atoms with Crippen molar-refractivity contribution < 1.29 is 37.4 Å². The van der Waals surface area contributed by atoms with Gasteiger partial charge in [0, 0.05) is 25.0 Å². The highest BCUT2D eigenvalue weighted by Crippen LogP contribution is 2.42. The maximum Gasteiger partial charge on any atom is 0.490 e. The second-order valence-corrected chi connectivity index (χ2v) is 9.86. The van der Waals surface area contributed by atoms with Gasteiger partial charge < -0.3 is 20.1 Å². The molecule has 2 heterocycles. The molecule has 2 N–H and O–H groups in total. The van der Waals surface area contributed by atoms with Crippen molar-refractivity contribution in [2.75, 3.05) is 32.8 Å². The molecule has 3 atom stereocenters. The lowest BCUT2D eigenvalue weighted by Gasteiger charge is -2.55. The van der Waals surface area contributed by atoms with Gasteiger partial charge in [0.05, 0.1) is 19.7 Å². The van der Waals surface area contributed by atoms with Crippen LogP contribution in [0.25, 0.3) is 0 Å². The molecule has 0 aromatic rings. The van der Waals surface area contributed by atoms with Crippen LogP contribution in [0.2, 0.25) is 0 Å². The smallest absolute Gasteiger partial charge is 0.475 e. The van der Waals surface area contributed by atoms with Gasteiger partial charge in [-0.15, -0.1) is 0 Å². The SMILES string of the molecule is CC(C)NC(=O)C1COC2(CN(C(=O)C3CC3C)C2)CN1CC1CC1.O=C(O)C(F)(F)F. The number of carboxylic acid groups (broad SMARTS) is 1. The lowest BCUT2D eigenvalue weighted by atomic mass is 9.89. The molecule has 8 nitrogen and oxygen atoms in total. The number of alkyl halides is 3. The van der Waals surface area contributed by atoms with Gasteiger partial charge in [-0.1, -0.05) is 6.92 Å². The van der Waals surface area contributed by atoms with Gasteiger partial charge in [-0.2, -0.15) is 13.2 Å². The number of nitrogens with zero attached hydrogens (tertiary/aromatic N) is 2. The minimum Gasteiger partial charge on any atom is -0.475 e. The fourth-order valence-electron chi connectivity index (χ4n) is 4.23. The maximum atomic E-state index is 12.5. The van der Waals surface area contributed by atoms with Crippen molar-refractivity contribution in [1.82, 2.24) is 15.1 Å². The fourth-order valence-corrected chi connectivity index (χ4v) is 4.23. The largest absolute Gasteiger partial charge is 0.490 e. The van der Waals surface area contributed by atoms with Crippen LogP contribution in [0.4, 0.5) is 13.2 Å². The number of rotatable bonds is 5. The normalized spacial score (nSPS) is 29.1. The van der Waals surface area contributed by atoms with Crippen LogP contribution in [0, 0.1) is 17.8 Å². The van der Waals surface area contributed by atoms with Crippen molar-refractivity contribution in [3.63, 3.8) is 0 Å². The molecule has 2 aliphatic heterocycles. The highest BCUT2D eigenvalue weighted by atomic mass is 19.4. The predicted molar refractivity (Wildman–Crippen MR) is 108 cm³/mol. The fraction of sp³-hybridized carbons (Fsp3) is 0.857. The van der Waals surface area contributed by atoms with Gasteiger partial charge in [-0.3, -0.25) is 14.5 Å². The molecule has 0 aromatic carbocycles. The van der Waals surface area contributed by atoms with Crippen molar-refractivity contribution in [2.24, 2.45) is 17.8 Å². The number of hydrogen-bond acceptors (Lipinski definition) is 5. The van der Waals surface area contributed by atoms with E-state index in [0.717, 1.165) is 25.4 Å². The maximum absolute atomic E-state index is 12.5. The summed E-state index contributed by atoms with van der Waals surface area (Å²) in [5.74, 6) is -0.860. The van der Waals surface area contributed by atoms with Gasteiger partial charge in [0.15, 0.2) is 0 Å². The molecule has 11 heteroatoms. The summed E-state index contributed by atoms with van der Waals surface area (Å²) < 4.78 is 37.9. The van der Waals surface area contributed by atoms with E-state index in [9.17, 15) is 22.8 Å². The van der Waals surface area contributed by atoms with Crippen LogP contribution in [0.3, 0.4) is 0 Å². The lowest BCUT2D eigenvalue weighted by Crippen LogP contribution is -2.74. The van der Waals surface area contributed by atoms with Gasteiger partial charge in [0.1, 0.15) is 11.6 Å². The number of carbonyl (C=O) groups excluding carboxylic acids is 2. The summed E-state index contributed by atoms with van der Waals surface area (Å²) in [6.45, 7) is 9.69. The van der Waals surface area contributed by atoms with Crippen molar-refractivity contribution in [3.8, 4) is 0 Å². The highest BCUT2D eigenvalue weighted by Gasteiger charge is 2.55. The standard InChI is InChI=1S/C19H31N3O3.C2HF3O2/c1-12(2)20-17(23)16-8-25-19(9-21(16)7-14-4-5-14)10-22(11-19)18(24)15-6-13(15)3;3-2(4,5)1(6)7/h12-16H,4-11H2,1-3H3,(H,20,23);(H,6,7). The van der Waals surface area contributed by atoms with E-state index in [1.165, 1.54) is 12.8 Å². The van der Waals surface area contributed by atoms with E-state index < -0.39 is 12.1 Å². The number of nitrogens with one attached hydrogen (secondary N) is 1. The van der Waals surface area contributed by atoms with Crippen LogP contribution < -0.4 is 5.32 Å². The number of carbonyl (C=O) groups is 3. The Morgan fingerprint density at radius 2 is 1.75 bits per heavy atom. The van der Waals surface area contributed by atoms with Gasteiger partial charge >= 0.3 is 12.1 Å². The second kappa shape index (κ2) is 9.17. The lowest BCUT2D eigenvalue weighted by molar-refractivity contribution is -0.205. The van der Waals surface area contributed by atoms with Gasteiger partial charge in [0.25, 0.3) is 0 Å². The number of morpholine rings is 1. The Labute approximate surface area is 185 Å². The number of carboxylic acids is 1. The first-order valence-corrected chi connectivity index (χ1v) is 11.1. The minimum atomic E-state index is -5.08. The van der Waals surface area contributed by atoms with Gasteiger partial charge in [-0.25, -0.2) is 4.79 Å². The third-order valence-electron chi connectivity index (χ3n) is 6.34. The monoisotopic (exact) mass is 463 g/mol. The number of likely N-dealkylation sites (tertiary alicyclic amines) is 1. The summed E-state index contributed by atoms with van der Waals surface area (Å²) in [4.78, 5) is 38.1. The Bertz CT molecular complexity index is 735. The number of amides is 2. The molecule has 4 aliphatic rings. The van der Waals surface area contributed by atoms with Crippen LogP contribution >= 0.6 is 0 Å². The Kier molecular flexibility index (Phi) is 7.09. The van der Waals surface area contributed by atoms with Crippen molar-refractivity contribution in [2.45, 2.75) is 63.9 Å². The molecule has 3 unspecified atom stereocenters. The number of aliphatic carboxylic acids is 1. The highest BCUT2D eigenvalue weighted by molar-refractivity contribution is 5.83. The molecule has 4 rings (SSSR count). The zero-order valence-electron chi connectivity index (χ0n) is 18.7. The molecule has 182 valence electrons. The van der Waals surface area contributed by atoms with Crippen LogP contribution in [-0.2, 0) is 19.1 Å². The molecular weight excluding hydrogens is 431 g/mol. The van der Waals surface area contributed by atoms with E-state index in [4.69, 9.17) is 14.6 Å². The summed E-state index contributed by atoms with van der Waals surface area (Å²) in [5.41, 5.74) is -0.253. The Hall–Kier alpha value is -1.88. The molecule has 0 radical (unpaired) electrons. The van der Waals surface area contributed by atoms with E-state index in [2.05, 4.69) is 17.1 Å². The molecule has 4 fully saturated rings. The topological polar surface area (TPSA) is 99.2 Å². The first-order chi connectivity index (χ1) is 14.8. The Balaban J connectivity index is 0.000000360. The van der Waals surface area contributed by atoms with Crippen molar-refractivity contribution in [3.05, 3.63) is 0 Å². The first-order valence-electron chi connectivity index (χ1n) is 11.1. The van der Waals surface area contributed by atoms with Crippen LogP contribution in [-0.4, -0.2) is 89.3 Å².